The van der Waals surface area contributed by atoms with Crippen LogP contribution < -0.4 is 5.32 Å². The largest absolute Gasteiger partial charge is 0.350 e. The van der Waals surface area contributed by atoms with Crippen molar-refractivity contribution in [1.29, 1.82) is 0 Å². The summed E-state index contributed by atoms with van der Waals surface area (Å²) in [6.45, 7) is 2.48. The van der Waals surface area contributed by atoms with Gasteiger partial charge < -0.3 is 5.32 Å². The first-order chi connectivity index (χ1) is 14.9. The minimum Gasteiger partial charge on any atom is -0.350 e. The van der Waals surface area contributed by atoms with Crippen LogP contribution in [0.4, 0.5) is 17.6 Å². The molecular formula is C20H27Cl2F4N3O3S. The van der Waals surface area contributed by atoms with Gasteiger partial charge in [-0.3, -0.25) is 9.69 Å². The lowest BCUT2D eigenvalue weighted by Gasteiger charge is -2.50. The van der Waals surface area contributed by atoms with Gasteiger partial charge in [0.05, 0.1) is 10.8 Å². The van der Waals surface area contributed by atoms with Crippen molar-refractivity contribution >= 4 is 39.9 Å². The average Bonchev–Trinajstić information content (AvgIpc) is 2.76. The van der Waals surface area contributed by atoms with E-state index in [1.807, 2.05) is 4.90 Å². The molecule has 13 heteroatoms. The zero-order valence-electron chi connectivity index (χ0n) is 18.1. The second kappa shape index (κ2) is 10.6. The van der Waals surface area contributed by atoms with Crippen LogP contribution in [-0.4, -0.2) is 73.5 Å². The topological polar surface area (TPSA) is 69.7 Å². The Kier molecular flexibility index (Phi) is 9.06. The van der Waals surface area contributed by atoms with E-state index in [1.54, 1.807) is 6.92 Å². The van der Waals surface area contributed by atoms with Crippen molar-refractivity contribution in [3.63, 3.8) is 0 Å². The maximum atomic E-state index is 14.2. The normalized spacial score (nSPS) is 21.3. The average molecular weight is 536 g/mol. The van der Waals surface area contributed by atoms with Gasteiger partial charge in [-0.1, -0.05) is 11.6 Å². The highest BCUT2D eigenvalue weighted by Crippen LogP contribution is 2.42. The molecule has 1 heterocycles. The van der Waals surface area contributed by atoms with E-state index in [2.05, 4.69) is 5.32 Å². The quantitative estimate of drug-likeness (QED) is 0.445. The molecule has 0 aromatic heterocycles. The first kappa shape index (κ1) is 28.1. The number of hydrogen-bond donors (Lipinski definition) is 1. The van der Waals surface area contributed by atoms with Crippen molar-refractivity contribution in [3.8, 4) is 0 Å². The zero-order valence-corrected chi connectivity index (χ0v) is 20.4. The summed E-state index contributed by atoms with van der Waals surface area (Å²) in [6, 6.07) is 1.88. The van der Waals surface area contributed by atoms with E-state index >= 15 is 0 Å². The monoisotopic (exact) mass is 535 g/mol. The van der Waals surface area contributed by atoms with Gasteiger partial charge in [0.1, 0.15) is 11.4 Å². The first-order valence-corrected chi connectivity index (χ1v) is 12.4. The van der Waals surface area contributed by atoms with Gasteiger partial charge in [0, 0.05) is 51.1 Å². The van der Waals surface area contributed by atoms with Crippen LogP contribution in [0.2, 0.25) is 5.02 Å². The zero-order chi connectivity index (χ0) is 23.7. The highest BCUT2D eigenvalue weighted by atomic mass is 35.5. The Bertz CT molecular complexity index is 964. The number of rotatable bonds is 6. The van der Waals surface area contributed by atoms with Crippen LogP contribution >= 0.6 is 24.0 Å². The van der Waals surface area contributed by atoms with Gasteiger partial charge in [-0.15, -0.1) is 12.4 Å². The summed E-state index contributed by atoms with van der Waals surface area (Å²) < 4.78 is 81.7. The lowest BCUT2D eigenvalue weighted by Crippen LogP contribution is -2.63. The molecule has 0 unspecified atom stereocenters. The molecule has 33 heavy (non-hydrogen) atoms. The first-order valence-electron chi connectivity index (χ1n) is 10.4. The summed E-state index contributed by atoms with van der Waals surface area (Å²) in [5.74, 6) is -6.14. The Hall–Kier alpha value is -1.14. The summed E-state index contributed by atoms with van der Waals surface area (Å²) in [5, 5.41) is 2.09. The van der Waals surface area contributed by atoms with Crippen LogP contribution in [0, 0.1) is 11.6 Å². The third-order valence-corrected chi connectivity index (χ3v) is 8.60. The Morgan fingerprint density at radius 3 is 2.21 bits per heavy atom. The lowest BCUT2D eigenvalue weighted by molar-refractivity contribution is -0.0856. The van der Waals surface area contributed by atoms with Crippen molar-refractivity contribution in [2.45, 2.75) is 44.1 Å². The number of carbonyl (C=O) groups is 1. The summed E-state index contributed by atoms with van der Waals surface area (Å²) in [7, 11) is -3.37. The molecule has 1 N–H and O–H groups in total. The number of piperazine rings is 1. The van der Waals surface area contributed by atoms with Crippen molar-refractivity contribution in [2.75, 3.05) is 38.5 Å². The Balaban J connectivity index is 0.00000385. The van der Waals surface area contributed by atoms with Crippen LogP contribution in [-0.2, 0) is 10.0 Å². The summed E-state index contributed by atoms with van der Waals surface area (Å²) in [5.41, 5.74) is -1.70. The predicted octanol–water partition coefficient (Wildman–Crippen LogP) is 3.69. The van der Waals surface area contributed by atoms with Crippen LogP contribution in [0.15, 0.2) is 12.1 Å². The molecule has 0 bridgehead atoms. The predicted molar refractivity (Wildman–Crippen MR) is 120 cm³/mol. The summed E-state index contributed by atoms with van der Waals surface area (Å²) >= 11 is 5.65. The number of nitrogens with zero attached hydrogens (tertiary/aromatic N) is 2. The third-order valence-electron chi connectivity index (χ3n) is 6.43. The van der Waals surface area contributed by atoms with Crippen LogP contribution in [0.3, 0.4) is 0 Å². The number of carbonyl (C=O) groups excluding carboxylic acids is 1. The molecule has 0 atom stereocenters. The van der Waals surface area contributed by atoms with Crippen molar-refractivity contribution in [2.24, 2.45) is 0 Å². The van der Waals surface area contributed by atoms with Gasteiger partial charge in [0.2, 0.25) is 15.9 Å². The van der Waals surface area contributed by atoms with Gasteiger partial charge in [-0.05, 0) is 31.9 Å². The maximum Gasteiger partial charge on any atom is 0.257 e. The highest BCUT2D eigenvalue weighted by Gasteiger charge is 2.47. The van der Waals surface area contributed by atoms with Crippen LogP contribution in [0.1, 0.15) is 43.0 Å². The molecule has 1 aliphatic carbocycles. The Morgan fingerprint density at radius 2 is 1.67 bits per heavy atom. The van der Waals surface area contributed by atoms with Crippen molar-refractivity contribution in [3.05, 3.63) is 34.4 Å². The molecule has 6 nitrogen and oxygen atoms in total. The Morgan fingerprint density at radius 1 is 1.09 bits per heavy atom. The number of amides is 1. The van der Waals surface area contributed by atoms with Gasteiger partial charge in [-0.2, -0.15) is 4.31 Å². The van der Waals surface area contributed by atoms with Gasteiger partial charge in [0.15, 0.2) is 5.82 Å². The summed E-state index contributed by atoms with van der Waals surface area (Å²) in [4.78, 5) is 14.5. The van der Waals surface area contributed by atoms with E-state index < -0.39 is 62.5 Å². The highest BCUT2D eigenvalue weighted by molar-refractivity contribution is 7.89. The number of sulfonamides is 1. The Labute approximate surface area is 202 Å². The van der Waals surface area contributed by atoms with E-state index in [1.165, 1.54) is 4.31 Å². The van der Waals surface area contributed by atoms with Gasteiger partial charge in [0.25, 0.3) is 5.91 Å². The second-order valence-electron chi connectivity index (χ2n) is 8.27. The third kappa shape index (κ3) is 6.11. The molecule has 2 aliphatic rings. The molecule has 1 amide bonds. The van der Waals surface area contributed by atoms with E-state index in [-0.39, 0.29) is 50.6 Å². The molecule has 1 aromatic rings. The van der Waals surface area contributed by atoms with E-state index in [0.717, 1.165) is 12.1 Å². The standard InChI is InChI=1S/C20H26ClF4N3O3S.ClH/c1-2-32(30,31)28-11-9-27(10-12-28)19(5-7-20(24,25)8-6-19)13-26-18(29)16-15(22)4-3-14(21)17(16)23;/h3-4H,2,5-13H2,1H3,(H,26,29);1H. The smallest absolute Gasteiger partial charge is 0.257 e. The number of alkyl halides is 2. The van der Waals surface area contributed by atoms with Gasteiger partial charge >= 0.3 is 0 Å². The molecule has 1 saturated carbocycles. The lowest BCUT2D eigenvalue weighted by atomic mass is 9.78. The fourth-order valence-corrected chi connectivity index (χ4v) is 5.62. The van der Waals surface area contributed by atoms with Crippen molar-refractivity contribution < 1.29 is 30.8 Å². The second-order valence-corrected chi connectivity index (χ2v) is 10.9. The summed E-state index contributed by atoms with van der Waals surface area (Å²) in [6.07, 6.45) is -0.672. The van der Waals surface area contributed by atoms with E-state index in [4.69, 9.17) is 11.6 Å². The molecule has 2 fully saturated rings. The van der Waals surface area contributed by atoms with Crippen LogP contribution in [0.5, 0.6) is 0 Å². The number of benzene rings is 1. The number of halogens is 6. The molecule has 3 rings (SSSR count). The maximum absolute atomic E-state index is 14.2. The van der Waals surface area contributed by atoms with Crippen molar-refractivity contribution in [1.82, 2.24) is 14.5 Å². The minimum absolute atomic E-state index is 0. The molecule has 1 saturated heterocycles. The molecular weight excluding hydrogens is 509 g/mol. The number of nitrogens with one attached hydrogen (secondary N) is 1. The van der Waals surface area contributed by atoms with Gasteiger partial charge in [-0.25, -0.2) is 26.0 Å². The SMILES string of the molecule is CCS(=O)(=O)N1CCN(C2(CNC(=O)c3c(F)ccc(Cl)c3F)CCC(F)(F)CC2)CC1.Cl. The fraction of sp³-hybridized carbons (Fsp3) is 0.650. The molecule has 0 spiro atoms. The van der Waals surface area contributed by atoms with E-state index in [0.29, 0.717) is 13.1 Å². The minimum atomic E-state index is -3.37. The molecule has 1 aliphatic heterocycles. The number of hydrogen-bond acceptors (Lipinski definition) is 4. The molecule has 188 valence electrons. The molecule has 0 radical (unpaired) electrons. The molecule has 1 aromatic carbocycles. The van der Waals surface area contributed by atoms with E-state index in [9.17, 15) is 30.8 Å². The fourth-order valence-electron chi connectivity index (χ4n) is 4.38. The van der Waals surface area contributed by atoms with Crippen LogP contribution in [0.25, 0.3) is 0 Å².